The fraction of sp³-hybridized carbons (Fsp3) is 1.00. The Balaban J connectivity index is 5.82. The minimum atomic E-state index is -9.84. The first-order chi connectivity index (χ1) is 40.9. The SMILES string of the molecule is FC(F)(F)C(F)(F)C(F)(F)C(F)(F)COP1(OCC(F)(F)C(F)(F)C(F)(F)C(F)(F)F)=NP(OCC(F)(F)C(F)(F)C(F)(F)C(F)(F)F)(OCC(F)(F)C(F)(F)C(F)(F)C(F)(F)F)=NP(OCC(F)(F)C(F)(F)C(F)(F)C(F)(F)F)(OCC(F)(F)C(F)(F)C(F)(F)C(F)(F)F)=N1. The van der Waals surface area contributed by atoms with Crippen LogP contribution in [0, 0.1) is 0 Å². The van der Waals surface area contributed by atoms with Gasteiger partial charge in [-0.05, 0) is 0 Å². The predicted molar refractivity (Wildman–Crippen MR) is 189 cm³/mol. The second kappa shape index (κ2) is 25.0. The maximum atomic E-state index is 15.1. The summed E-state index contributed by atoms with van der Waals surface area (Å²) in [6.07, 6.45) is -51.0. The zero-order valence-electron chi connectivity index (χ0n) is 41.8. The third-order valence-electron chi connectivity index (χ3n) is 10.4. The molecule has 0 aromatic rings. The molecule has 1 heterocycles. The highest BCUT2D eigenvalue weighted by molar-refractivity contribution is 7.78. The van der Waals surface area contributed by atoms with E-state index in [2.05, 4.69) is 27.1 Å². The van der Waals surface area contributed by atoms with Crippen LogP contribution in [0.2, 0.25) is 0 Å². The van der Waals surface area contributed by atoms with Crippen molar-refractivity contribution in [2.75, 3.05) is 39.6 Å². The van der Waals surface area contributed by atoms with Crippen LogP contribution in [-0.2, 0) is 27.1 Å². The standard InChI is InChI=1S/C30H12F54N3O6P3/c31-7(32,13(43,44)19(55,56)25(67,68)69)1-88-94(89-2-8(33,34)14(45,46)20(57,58)26(70,71)72)85-95(90-3-9(35,36)15(47,48)21(59,60)27(73,74)75,91-4-10(37,38)16(49,50)22(61,62)28(76,77)78)87-96(86-94,92-5-11(39,40)17(51,52)23(63,64)29(79,80)81)93-6-12(41,42)18(53,54)24(65,66)30(82,83)84/h1-6H2. The van der Waals surface area contributed by atoms with Gasteiger partial charge in [0.1, 0.15) is 39.6 Å². The van der Waals surface area contributed by atoms with Crippen LogP contribution in [0.4, 0.5) is 237 Å². The summed E-state index contributed by atoms with van der Waals surface area (Å²) in [6.45, 7) is -33.2. The lowest BCUT2D eigenvalue weighted by Crippen LogP contribution is -2.62. The number of hydrogen-bond acceptors (Lipinski definition) is 9. The molecule has 0 saturated carbocycles. The molecule has 66 heteroatoms. The van der Waals surface area contributed by atoms with Gasteiger partial charge in [0.2, 0.25) is 0 Å². The summed E-state index contributed by atoms with van der Waals surface area (Å²) in [5, 5.41) is 0. The number of halogens is 54. The second-order valence-electron chi connectivity index (χ2n) is 17.5. The molecule has 1 aliphatic heterocycles. The first-order valence-corrected chi connectivity index (χ1v) is 25.4. The van der Waals surface area contributed by atoms with Crippen molar-refractivity contribution in [3.8, 4) is 0 Å². The summed E-state index contributed by atoms with van der Waals surface area (Å²) in [4.78, 5) is 0. The molecule has 0 aromatic heterocycles. The highest BCUT2D eigenvalue weighted by atomic mass is 31.3. The van der Waals surface area contributed by atoms with E-state index in [0.717, 1.165) is 13.5 Å². The zero-order valence-corrected chi connectivity index (χ0v) is 44.5. The van der Waals surface area contributed by atoms with Crippen molar-refractivity contribution in [3.05, 3.63) is 0 Å². The van der Waals surface area contributed by atoms with E-state index in [1.165, 1.54) is 0 Å². The maximum Gasteiger partial charge on any atom is 0.460 e. The molecule has 0 amide bonds. The first-order valence-electron chi connectivity index (χ1n) is 20.9. The Morgan fingerprint density at radius 3 is 0.302 bits per heavy atom. The van der Waals surface area contributed by atoms with Crippen molar-refractivity contribution in [2.45, 2.75) is 144 Å². The summed E-state index contributed by atoms with van der Waals surface area (Å²) >= 11 is 0. The van der Waals surface area contributed by atoms with Gasteiger partial charge in [0, 0.05) is 0 Å². The molecule has 1 aliphatic rings. The Morgan fingerprint density at radius 2 is 0.229 bits per heavy atom. The van der Waals surface area contributed by atoms with Gasteiger partial charge >= 0.3 is 167 Å². The Morgan fingerprint density at radius 1 is 0.146 bits per heavy atom. The normalized spacial score (nSPS) is 18.7. The smallest absolute Gasteiger partial charge is 0.300 e. The summed E-state index contributed by atoms with van der Waals surface area (Å²) in [7, 11) is -29.5. The zero-order chi connectivity index (χ0) is 78.1. The van der Waals surface area contributed by atoms with Crippen molar-refractivity contribution in [1.29, 1.82) is 0 Å². The van der Waals surface area contributed by atoms with Crippen molar-refractivity contribution in [2.24, 2.45) is 13.5 Å². The molecule has 0 saturated heterocycles. The molecule has 0 N–H and O–H groups in total. The fourth-order valence-electron chi connectivity index (χ4n) is 4.88. The highest BCUT2D eigenvalue weighted by Crippen LogP contribution is 2.82. The molecular formula is C30H12F54N3O6P3. The summed E-state index contributed by atoms with van der Waals surface area (Å²) in [5.74, 6) is -158. The molecule has 96 heavy (non-hydrogen) atoms. The van der Waals surface area contributed by atoms with Gasteiger partial charge in [-0.15, -0.1) is 13.5 Å². The van der Waals surface area contributed by atoms with Crippen LogP contribution in [-0.4, -0.2) is 183 Å². The van der Waals surface area contributed by atoms with Crippen molar-refractivity contribution >= 4 is 23.0 Å². The predicted octanol–water partition coefficient (Wildman–Crippen LogP) is 20.7. The average molecular weight is 1630 g/mol. The monoisotopic (exact) mass is 1630 g/mol. The van der Waals surface area contributed by atoms with Crippen LogP contribution in [0.25, 0.3) is 0 Å². The molecule has 0 atom stereocenters. The summed E-state index contributed by atoms with van der Waals surface area (Å²) in [5.41, 5.74) is 0. The molecule has 0 aliphatic carbocycles. The number of nitrogens with zero attached hydrogens (tertiary/aromatic N) is 3. The van der Waals surface area contributed by atoms with Crippen LogP contribution in [0.3, 0.4) is 0 Å². The molecule has 0 aromatic carbocycles. The molecule has 0 bridgehead atoms. The Kier molecular flexibility index (Phi) is 23.6. The van der Waals surface area contributed by atoms with Crippen LogP contribution in [0.1, 0.15) is 0 Å². The van der Waals surface area contributed by atoms with Gasteiger partial charge in [0.15, 0.2) is 0 Å². The van der Waals surface area contributed by atoms with Gasteiger partial charge in [0.05, 0.1) is 0 Å². The number of alkyl halides is 54. The van der Waals surface area contributed by atoms with Gasteiger partial charge < -0.3 is 0 Å². The minimum Gasteiger partial charge on any atom is -0.300 e. The Labute approximate surface area is 485 Å². The van der Waals surface area contributed by atoms with E-state index in [1.807, 2.05) is 0 Å². The topological polar surface area (TPSA) is 92.5 Å². The van der Waals surface area contributed by atoms with Crippen molar-refractivity contribution < 1.29 is 264 Å². The molecule has 576 valence electrons. The van der Waals surface area contributed by atoms with Crippen LogP contribution >= 0.6 is 23.0 Å². The molecule has 0 spiro atoms. The summed E-state index contributed by atoms with van der Waals surface area (Å²) in [6, 6.07) is 0. The minimum absolute atomic E-state index is 1.06. The summed E-state index contributed by atoms with van der Waals surface area (Å²) < 4.78 is 775. The fourth-order valence-corrected chi connectivity index (χ4v) is 14.4. The van der Waals surface area contributed by atoms with E-state index in [0.29, 0.717) is 0 Å². The van der Waals surface area contributed by atoms with Crippen molar-refractivity contribution in [1.82, 2.24) is 0 Å². The van der Waals surface area contributed by atoms with E-state index in [9.17, 15) is 184 Å². The number of hydrogen-bond donors (Lipinski definition) is 0. The van der Waals surface area contributed by atoms with E-state index < -0.39 is 206 Å². The first kappa shape index (κ1) is 90.7. The maximum absolute atomic E-state index is 15.1. The Hall–Kier alpha value is -3.33. The largest absolute Gasteiger partial charge is 0.460 e. The van der Waals surface area contributed by atoms with Gasteiger partial charge in [-0.3, -0.25) is 27.1 Å². The van der Waals surface area contributed by atoms with Crippen LogP contribution in [0.5, 0.6) is 0 Å². The number of rotatable bonds is 30. The lowest BCUT2D eigenvalue weighted by molar-refractivity contribution is -0.399. The van der Waals surface area contributed by atoms with Crippen LogP contribution < -0.4 is 0 Å². The van der Waals surface area contributed by atoms with Gasteiger partial charge in [-0.2, -0.15) is 237 Å². The van der Waals surface area contributed by atoms with Gasteiger partial charge in [0.25, 0.3) is 0 Å². The molecule has 1 rings (SSSR count). The molecule has 0 unspecified atom stereocenters. The third kappa shape index (κ3) is 15.2. The Bertz CT molecular complexity index is 2410. The van der Waals surface area contributed by atoms with E-state index in [-0.39, 0.29) is 0 Å². The van der Waals surface area contributed by atoms with Crippen molar-refractivity contribution in [3.63, 3.8) is 0 Å². The quantitative estimate of drug-likeness (QED) is 0.0526. The molecular weight excluding hydrogens is 1620 g/mol. The highest BCUT2D eigenvalue weighted by Gasteiger charge is 2.88. The third-order valence-corrected chi connectivity index (χ3v) is 18.6. The van der Waals surface area contributed by atoms with Crippen LogP contribution in [0.15, 0.2) is 13.5 Å². The van der Waals surface area contributed by atoms with Gasteiger partial charge in [-0.25, -0.2) is 0 Å². The molecule has 0 fully saturated rings. The lowest BCUT2D eigenvalue weighted by atomic mass is 10.1. The average Bonchev–Trinajstić information content (AvgIpc) is 3.35. The van der Waals surface area contributed by atoms with E-state index >= 15 is 52.7 Å². The molecule has 9 nitrogen and oxygen atoms in total. The van der Waals surface area contributed by atoms with Gasteiger partial charge in [-0.1, -0.05) is 0 Å². The lowest BCUT2D eigenvalue weighted by Gasteiger charge is -2.39. The second-order valence-corrected chi connectivity index (χ2v) is 24.1. The van der Waals surface area contributed by atoms with E-state index in [1.54, 1.807) is 0 Å². The molecule has 0 radical (unpaired) electrons. The van der Waals surface area contributed by atoms with E-state index in [4.69, 9.17) is 0 Å².